The molecule has 2 N–H and O–H groups in total. The van der Waals surface area contributed by atoms with Crippen molar-refractivity contribution in [2.45, 2.75) is 19.3 Å². The molecule has 0 saturated heterocycles. The van der Waals surface area contributed by atoms with Gasteiger partial charge in [0.15, 0.2) is 6.61 Å². The lowest BCUT2D eigenvalue weighted by atomic mass is 10.1. The fourth-order valence-corrected chi connectivity index (χ4v) is 1.57. The third-order valence-electron chi connectivity index (χ3n) is 2.49. The molecule has 0 unspecified atom stereocenters. The van der Waals surface area contributed by atoms with Gasteiger partial charge in [0.25, 0.3) is 0 Å². The van der Waals surface area contributed by atoms with Crippen LogP contribution in [-0.2, 0) is 26.4 Å². The maximum atomic E-state index is 12.9. The number of nitrogens with two attached hydrogens (primary N) is 1. The first-order chi connectivity index (χ1) is 9.40. The molecule has 0 aliphatic heterocycles. The average Bonchev–Trinajstić information content (AvgIpc) is 2.81. The van der Waals surface area contributed by atoms with Crippen molar-refractivity contribution in [2.75, 3.05) is 0 Å². The number of halogens is 3. The van der Waals surface area contributed by atoms with Gasteiger partial charge in [-0.3, -0.25) is 0 Å². The van der Waals surface area contributed by atoms with Crippen LogP contribution in [0, 0.1) is 0 Å². The fraction of sp³-hybridized carbons (Fsp3) is 0.364. The predicted octanol–water partition coefficient (Wildman–Crippen LogP) is 1.27. The summed E-state index contributed by atoms with van der Waals surface area (Å²) in [5, 5.41) is 11.0. The SMILES string of the molecule is Cn1nnc(COc2ccc(CN)cc2C(F)(F)F)n1. The first-order valence-corrected chi connectivity index (χ1v) is 5.66. The normalized spacial score (nSPS) is 11.7. The van der Waals surface area contributed by atoms with E-state index in [1.807, 2.05) is 0 Å². The van der Waals surface area contributed by atoms with E-state index in [0.29, 0.717) is 5.56 Å². The summed E-state index contributed by atoms with van der Waals surface area (Å²) in [4.78, 5) is 1.20. The standard InChI is InChI=1S/C11H12F3N5O/c1-19-17-10(16-18-19)6-20-9-3-2-7(5-15)4-8(9)11(12,13)14/h2-4H,5-6,15H2,1H3. The number of benzene rings is 1. The van der Waals surface area contributed by atoms with Crippen molar-refractivity contribution < 1.29 is 17.9 Å². The lowest BCUT2D eigenvalue weighted by molar-refractivity contribution is -0.139. The van der Waals surface area contributed by atoms with E-state index in [9.17, 15) is 13.2 Å². The molecule has 108 valence electrons. The minimum Gasteiger partial charge on any atom is -0.485 e. The van der Waals surface area contributed by atoms with Gasteiger partial charge in [0.2, 0.25) is 5.82 Å². The summed E-state index contributed by atoms with van der Waals surface area (Å²) < 4.78 is 43.9. The maximum Gasteiger partial charge on any atom is 0.419 e. The Morgan fingerprint density at radius 3 is 2.65 bits per heavy atom. The Kier molecular flexibility index (Phi) is 3.89. The lowest BCUT2D eigenvalue weighted by Crippen LogP contribution is -2.11. The molecule has 1 aromatic carbocycles. The molecular formula is C11H12F3N5O. The zero-order valence-corrected chi connectivity index (χ0v) is 10.6. The van der Waals surface area contributed by atoms with Crippen LogP contribution in [0.25, 0.3) is 0 Å². The van der Waals surface area contributed by atoms with Crippen LogP contribution in [0.1, 0.15) is 17.0 Å². The zero-order chi connectivity index (χ0) is 14.8. The maximum absolute atomic E-state index is 12.9. The highest BCUT2D eigenvalue weighted by molar-refractivity contribution is 5.39. The number of hydrogen-bond acceptors (Lipinski definition) is 5. The van der Waals surface area contributed by atoms with Crippen molar-refractivity contribution in [2.24, 2.45) is 12.8 Å². The van der Waals surface area contributed by atoms with Crippen molar-refractivity contribution >= 4 is 0 Å². The number of alkyl halides is 3. The Bertz CT molecular complexity index is 596. The number of aryl methyl sites for hydroxylation is 1. The van der Waals surface area contributed by atoms with Crippen molar-refractivity contribution in [3.63, 3.8) is 0 Å². The highest BCUT2D eigenvalue weighted by Crippen LogP contribution is 2.37. The zero-order valence-electron chi connectivity index (χ0n) is 10.6. The minimum absolute atomic E-state index is 0.0229. The van der Waals surface area contributed by atoms with Crippen LogP contribution in [0.4, 0.5) is 13.2 Å². The van der Waals surface area contributed by atoms with Gasteiger partial charge in [0.05, 0.1) is 12.6 Å². The van der Waals surface area contributed by atoms with Crippen molar-refractivity contribution in [3.05, 3.63) is 35.2 Å². The lowest BCUT2D eigenvalue weighted by Gasteiger charge is -2.14. The van der Waals surface area contributed by atoms with Gasteiger partial charge in [-0.15, -0.1) is 10.2 Å². The van der Waals surface area contributed by atoms with Gasteiger partial charge in [-0.05, 0) is 22.9 Å². The van der Waals surface area contributed by atoms with E-state index in [2.05, 4.69) is 15.4 Å². The Labute approximate surface area is 112 Å². The molecule has 0 amide bonds. The molecule has 0 fully saturated rings. The summed E-state index contributed by atoms with van der Waals surface area (Å²) in [6.45, 7) is -0.173. The van der Waals surface area contributed by atoms with E-state index in [1.165, 1.54) is 16.9 Å². The van der Waals surface area contributed by atoms with E-state index in [-0.39, 0.29) is 24.7 Å². The monoisotopic (exact) mass is 287 g/mol. The molecule has 20 heavy (non-hydrogen) atoms. The second-order valence-electron chi connectivity index (χ2n) is 4.02. The molecule has 2 aromatic rings. The van der Waals surface area contributed by atoms with Gasteiger partial charge in [-0.2, -0.15) is 18.0 Å². The van der Waals surface area contributed by atoms with E-state index >= 15 is 0 Å². The molecule has 0 aliphatic carbocycles. The number of nitrogens with zero attached hydrogens (tertiary/aromatic N) is 4. The summed E-state index contributed by atoms with van der Waals surface area (Å²) >= 11 is 0. The molecule has 2 rings (SSSR count). The van der Waals surface area contributed by atoms with Crippen molar-refractivity contribution in [1.29, 1.82) is 0 Å². The van der Waals surface area contributed by atoms with Gasteiger partial charge in [0, 0.05) is 6.54 Å². The van der Waals surface area contributed by atoms with E-state index in [1.54, 1.807) is 7.05 Å². The van der Waals surface area contributed by atoms with E-state index in [0.717, 1.165) is 6.07 Å². The van der Waals surface area contributed by atoms with Crippen molar-refractivity contribution in [3.8, 4) is 5.75 Å². The number of tetrazole rings is 1. The third kappa shape index (κ3) is 3.23. The van der Waals surface area contributed by atoms with Crippen LogP contribution in [-0.4, -0.2) is 20.2 Å². The Morgan fingerprint density at radius 1 is 1.35 bits per heavy atom. The molecule has 9 heteroatoms. The summed E-state index contributed by atoms with van der Waals surface area (Å²) in [5.74, 6) is -0.0920. The summed E-state index contributed by atoms with van der Waals surface area (Å²) in [5.41, 5.74) is 4.85. The highest BCUT2D eigenvalue weighted by Gasteiger charge is 2.34. The molecular weight excluding hydrogens is 275 g/mol. The van der Waals surface area contributed by atoms with E-state index < -0.39 is 11.7 Å². The van der Waals surface area contributed by atoms with Gasteiger partial charge >= 0.3 is 6.18 Å². The second kappa shape index (κ2) is 5.45. The van der Waals surface area contributed by atoms with Crippen LogP contribution < -0.4 is 10.5 Å². The summed E-state index contributed by atoms with van der Waals surface area (Å²) in [7, 11) is 1.55. The highest BCUT2D eigenvalue weighted by atomic mass is 19.4. The molecule has 0 aliphatic rings. The van der Waals surface area contributed by atoms with Gasteiger partial charge in [0.1, 0.15) is 5.75 Å². The molecule has 0 radical (unpaired) electrons. The minimum atomic E-state index is -4.52. The van der Waals surface area contributed by atoms with Gasteiger partial charge < -0.3 is 10.5 Å². The van der Waals surface area contributed by atoms with E-state index in [4.69, 9.17) is 10.5 Å². The van der Waals surface area contributed by atoms with Gasteiger partial charge in [-0.25, -0.2) is 0 Å². The molecule has 0 spiro atoms. The topological polar surface area (TPSA) is 78.8 Å². The average molecular weight is 287 g/mol. The van der Waals surface area contributed by atoms with Crippen LogP contribution >= 0.6 is 0 Å². The summed E-state index contributed by atoms with van der Waals surface area (Å²) in [6.07, 6.45) is -4.52. The predicted molar refractivity (Wildman–Crippen MR) is 62.5 cm³/mol. The third-order valence-corrected chi connectivity index (χ3v) is 2.49. The first kappa shape index (κ1) is 14.3. The van der Waals surface area contributed by atoms with Gasteiger partial charge in [-0.1, -0.05) is 6.07 Å². The molecule has 1 heterocycles. The summed E-state index contributed by atoms with van der Waals surface area (Å²) in [6, 6.07) is 3.69. The fourth-order valence-electron chi connectivity index (χ4n) is 1.57. The Balaban J connectivity index is 2.22. The van der Waals surface area contributed by atoms with Crippen LogP contribution in [0.3, 0.4) is 0 Å². The molecule has 6 nitrogen and oxygen atoms in total. The molecule has 0 bridgehead atoms. The molecule has 0 atom stereocenters. The number of aromatic nitrogens is 4. The quantitative estimate of drug-likeness (QED) is 0.916. The molecule has 1 aromatic heterocycles. The number of rotatable bonds is 4. The van der Waals surface area contributed by atoms with Crippen LogP contribution in [0.5, 0.6) is 5.75 Å². The van der Waals surface area contributed by atoms with Crippen molar-refractivity contribution in [1.82, 2.24) is 20.2 Å². The largest absolute Gasteiger partial charge is 0.485 e. The Morgan fingerprint density at radius 2 is 2.10 bits per heavy atom. The smallest absolute Gasteiger partial charge is 0.419 e. The number of ether oxygens (including phenoxy) is 1. The second-order valence-corrected chi connectivity index (χ2v) is 4.02. The first-order valence-electron chi connectivity index (χ1n) is 5.66. The number of hydrogen-bond donors (Lipinski definition) is 1. The molecule has 0 saturated carbocycles. The van der Waals surface area contributed by atoms with Crippen LogP contribution in [0.2, 0.25) is 0 Å². The van der Waals surface area contributed by atoms with Crippen LogP contribution in [0.15, 0.2) is 18.2 Å². The Hall–Kier alpha value is -2.16.